The van der Waals surface area contributed by atoms with Gasteiger partial charge in [0, 0.05) is 0 Å². The number of rotatable bonds is 6. The monoisotopic (exact) mass is 392 g/mol. The summed E-state index contributed by atoms with van der Waals surface area (Å²) >= 11 is 5.56. The Morgan fingerprint density at radius 3 is 2.91 bits per heavy atom. The van der Waals surface area contributed by atoms with Crippen LogP contribution in [-0.4, -0.2) is 45.3 Å². The number of thiazole rings is 1. The molecule has 2 heterocycles. The van der Waals surface area contributed by atoms with Gasteiger partial charge in [-0.15, -0.1) is 11.8 Å². The van der Waals surface area contributed by atoms with E-state index in [1.54, 1.807) is 13.8 Å². The number of nitrogens with zero attached hydrogens (tertiary/aromatic N) is 2. The van der Waals surface area contributed by atoms with Crippen molar-refractivity contribution in [2.45, 2.75) is 18.6 Å². The molecular formula is C12H16N4O3S4. The van der Waals surface area contributed by atoms with Gasteiger partial charge < -0.3 is 14.8 Å². The van der Waals surface area contributed by atoms with Gasteiger partial charge in [0.15, 0.2) is 15.0 Å². The zero-order chi connectivity index (χ0) is 16.8. The van der Waals surface area contributed by atoms with Gasteiger partial charge in [-0.05, 0) is 32.1 Å². The van der Waals surface area contributed by atoms with Gasteiger partial charge >= 0.3 is 5.97 Å². The average molecular weight is 393 g/mol. The van der Waals surface area contributed by atoms with Crippen molar-refractivity contribution in [3.05, 3.63) is 10.6 Å². The first kappa shape index (κ1) is 18.4. The van der Waals surface area contributed by atoms with Crippen LogP contribution in [-0.2, 0) is 9.53 Å². The number of thioether (sulfide) groups is 2. The van der Waals surface area contributed by atoms with Gasteiger partial charge in [-0.1, -0.05) is 23.1 Å². The lowest BCUT2D eigenvalue weighted by atomic mass is 10.4. The molecule has 2 N–H and O–H groups in total. The molecule has 1 atom stereocenters. The Bertz CT molecular complexity index is 619. The van der Waals surface area contributed by atoms with E-state index in [4.69, 9.17) is 4.74 Å². The van der Waals surface area contributed by atoms with Gasteiger partial charge in [0.25, 0.3) is 0 Å². The first-order chi connectivity index (χ1) is 11.0. The molecule has 0 radical (unpaired) electrons. The first-order valence-corrected chi connectivity index (χ1v) is 10.6. The number of esters is 1. The molecule has 23 heavy (non-hydrogen) atoms. The van der Waals surface area contributed by atoms with Gasteiger partial charge in [-0.2, -0.15) is 0 Å². The third kappa shape index (κ3) is 5.30. The molecule has 0 aliphatic carbocycles. The van der Waals surface area contributed by atoms with Crippen LogP contribution in [0.4, 0.5) is 5.13 Å². The zero-order valence-electron chi connectivity index (χ0n) is 12.7. The van der Waals surface area contributed by atoms with E-state index in [0.29, 0.717) is 22.3 Å². The number of ether oxygens (including phenoxy) is 1. The third-order valence-corrected chi connectivity index (χ3v) is 6.43. The van der Waals surface area contributed by atoms with Crippen molar-refractivity contribution in [3.63, 3.8) is 0 Å². The summed E-state index contributed by atoms with van der Waals surface area (Å²) in [5.74, 6) is -0.324. The molecule has 0 spiro atoms. The Hall–Kier alpha value is -0.910. The molecule has 0 bridgehead atoms. The molecule has 126 valence electrons. The second kappa shape index (κ2) is 8.81. The van der Waals surface area contributed by atoms with E-state index >= 15 is 0 Å². The van der Waals surface area contributed by atoms with E-state index in [1.807, 2.05) is 6.26 Å². The van der Waals surface area contributed by atoms with Crippen molar-refractivity contribution in [1.29, 1.82) is 0 Å². The van der Waals surface area contributed by atoms with Crippen LogP contribution in [0.2, 0.25) is 0 Å². The van der Waals surface area contributed by atoms with E-state index in [-0.39, 0.29) is 16.4 Å². The Kier molecular flexibility index (Phi) is 7.06. The van der Waals surface area contributed by atoms with Crippen molar-refractivity contribution in [2.24, 2.45) is 4.99 Å². The molecule has 0 saturated carbocycles. The van der Waals surface area contributed by atoms with Crippen LogP contribution in [0.25, 0.3) is 0 Å². The summed E-state index contributed by atoms with van der Waals surface area (Å²) < 4.78 is 8.00. The molecule has 7 nitrogen and oxygen atoms in total. The van der Waals surface area contributed by atoms with Crippen molar-refractivity contribution in [2.75, 3.05) is 23.9 Å². The number of anilines is 1. The highest BCUT2D eigenvalue weighted by molar-refractivity contribution is 8.20. The quantitative estimate of drug-likeness (QED) is 0.564. The summed E-state index contributed by atoms with van der Waals surface area (Å²) in [5, 5.41) is 3.97. The van der Waals surface area contributed by atoms with Crippen molar-refractivity contribution < 1.29 is 14.3 Å². The van der Waals surface area contributed by atoms with Crippen molar-refractivity contribution in [1.82, 2.24) is 9.71 Å². The first-order valence-electron chi connectivity index (χ1n) is 6.63. The maximum Gasteiger partial charge on any atom is 0.350 e. The van der Waals surface area contributed by atoms with Crippen LogP contribution >= 0.6 is 46.8 Å². The van der Waals surface area contributed by atoms with Crippen molar-refractivity contribution >= 4 is 69.0 Å². The van der Waals surface area contributed by atoms with Crippen LogP contribution in [0.1, 0.15) is 22.3 Å². The van der Waals surface area contributed by atoms with E-state index in [2.05, 4.69) is 20.0 Å². The fraction of sp³-hybridized carbons (Fsp3) is 0.500. The smallest absolute Gasteiger partial charge is 0.350 e. The third-order valence-electron chi connectivity index (χ3n) is 2.52. The summed E-state index contributed by atoms with van der Waals surface area (Å²) in [5.41, 5.74) is 0.557. The molecule has 11 heteroatoms. The average Bonchev–Trinajstić information content (AvgIpc) is 3.12. The lowest BCUT2D eigenvalue weighted by molar-refractivity contribution is -0.113. The fourth-order valence-electron chi connectivity index (χ4n) is 1.55. The van der Waals surface area contributed by atoms with Gasteiger partial charge in [-0.3, -0.25) is 4.79 Å². The molecule has 0 aromatic carbocycles. The summed E-state index contributed by atoms with van der Waals surface area (Å²) in [6.07, 6.45) is 1.94. The number of hydrogen-bond donors (Lipinski definition) is 2. The maximum absolute atomic E-state index is 12.0. The molecule has 0 saturated heterocycles. The molecule has 0 fully saturated rings. The van der Waals surface area contributed by atoms with Crippen LogP contribution in [0, 0.1) is 6.92 Å². The predicted octanol–water partition coefficient (Wildman–Crippen LogP) is 2.55. The Morgan fingerprint density at radius 1 is 1.48 bits per heavy atom. The Balaban J connectivity index is 1.85. The summed E-state index contributed by atoms with van der Waals surface area (Å²) in [7, 11) is 0. The molecular weight excluding hydrogens is 376 g/mol. The molecule has 1 amide bonds. The number of aromatic nitrogens is 1. The van der Waals surface area contributed by atoms with E-state index in [0.717, 1.165) is 16.5 Å². The van der Waals surface area contributed by atoms with Gasteiger partial charge in [0.05, 0.1) is 18.1 Å². The Labute approximate surface area is 151 Å². The number of amides is 1. The van der Waals surface area contributed by atoms with Crippen LogP contribution < -0.4 is 10.0 Å². The SMILES string of the molecule is CCOC(=O)c1sc(NC(=O)CSC2N=C(SC)NS2)nc1C. The summed E-state index contributed by atoms with van der Waals surface area (Å²) in [6, 6.07) is 0. The number of hydrogen-bond acceptors (Lipinski definition) is 10. The van der Waals surface area contributed by atoms with Gasteiger partial charge in [0.2, 0.25) is 5.91 Å². The highest BCUT2D eigenvalue weighted by Gasteiger charge is 2.20. The highest BCUT2D eigenvalue weighted by atomic mass is 32.2. The largest absolute Gasteiger partial charge is 0.462 e. The van der Waals surface area contributed by atoms with Crippen LogP contribution in [0.15, 0.2) is 4.99 Å². The van der Waals surface area contributed by atoms with Crippen molar-refractivity contribution in [3.8, 4) is 0 Å². The summed E-state index contributed by atoms with van der Waals surface area (Å²) in [4.78, 5) is 32.7. The standard InChI is InChI=1S/C12H16N4O3S4/c1-4-19-9(18)8-6(2)13-10(22-8)14-7(17)5-21-12-15-11(20-3)16-23-12/h12H,4-5H2,1-3H3,(H,15,16)(H,13,14,17). The normalized spacial score (nSPS) is 16.7. The highest BCUT2D eigenvalue weighted by Crippen LogP contribution is 2.29. The second-order valence-corrected chi connectivity index (χ2v) is 8.23. The number of carbonyl (C=O) groups excluding carboxylic acids is 2. The number of aliphatic imine (C=N–C) groups is 1. The minimum atomic E-state index is -0.412. The Morgan fingerprint density at radius 2 is 2.26 bits per heavy atom. The molecule has 1 aromatic rings. The molecule has 1 aliphatic rings. The number of amidine groups is 1. The van der Waals surface area contributed by atoms with E-state index < -0.39 is 5.97 Å². The molecule has 1 aliphatic heterocycles. The fourth-order valence-corrected chi connectivity index (χ4v) is 4.83. The molecule has 2 rings (SSSR count). The van der Waals surface area contributed by atoms with Crippen LogP contribution in [0.3, 0.4) is 0 Å². The molecule has 1 aromatic heterocycles. The minimum Gasteiger partial charge on any atom is -0.462 e. The second-order valence-electron chi connectivity index (χ2n) is 4.18. The minimum absolute atomic E-state index is 0.0312. The summed E-state index contributed by atoms with van der Waals surface area (Å²) in [6.45, 7) is 3.77. The number of aryl methyl sites for hydroxylation is 1. The van der Waals surface area contributed by atoms with E-state index in [1.165, 1.54) is 35.5 Å². The van der Waals surface area contributed by atoms with Gasteiger partial charge in [0.1, 0.15) is 4.88 Å². The number of nitrogens with one attached hydrogen (secondary N) is 2. The van der Waals surface area contributed by atoms with Gasteiger partial charge in [-0.25, -0.2) is 14.8 Å². The topological polar surface area (TPSA) is 92.7 Å². The maximum atomic E-state index is 12.0. The zero-order valence-corrected chi connectivity index (χ0v) is 16.0. The predicted molar refractivity (Wildman–Crippen MR) is 99.4 cm³/mol. The lowest BCUT2D eigenvalue weighted by Gasteiger charge is -2.04. The van der Waals surface area contributed by atoms with Crippen LogP contribution in [0.5, 0.6) is 0 Å². The van der Waals surface area contributed by atoms with E-state index in [9.17, 15) is 9.59 Å². The lowest BCUT2D eigenvalue weighted by Crippen LogP contribution is -2.15. The molecule has 1 unspecified atom stereocenters. The number of carbonyl (C=O) groups is 2.